The maximum absolute atomic E-state index is 12.7. The number of anilines is 1. The number of pyridine rings is 1. The quantitative estimate of drug-likeness (QED) is 0.368. The van der Waals surface area contributed by atoms with Gasteiger partial charge in [0.15, 0.2) is 0 Å². The molecule has 0 aliphatic rings. The van der Waals surface area contributed by atoms with E-state index in [0.29, 0.717) is 17.1 Å². The molecule has 0 unspecified atom stereocenters. The first-order valence-corrected chi connectivity index (χ1v) is 8.99. The number of carbonyl (C=O) groups excluding carboxylic acids is 1. The number of nitrogens with zero attached hydrogens (tertiary/aromatic N) is 4. The average Bonchev–Trinajstić information content (AvgIpc) is 3.24. The fourth-order valence-electron chi connectivity index (χ4n) is 2.72. The Morgan fingerprint density at radius 3 is 2.60 bits per heavy atom. The molecule has 1 amide bonds. The number of para-hydroxylation sites is 1. The van der Waals surface area contributed by atoms with E-state index in [1.807, 2.05) is 0 Å². The van der Waals surface area contributed by atoms with E-state index >= 15 is 0 Å². The number of hydrogen-bond acceptors (Lipinski definition) is 7. The lowest BCUT2D eigenvalue weighted by Gasteiger charge is -2.09. The third-order valence-corrected chi connectivity index (χ3v) is 4.49. The highest BCUT2D eigenvalue weighted by molar-refractivity contribution is 6.34. The average molecular weight is 422 g/mol. The first-order valence-electron chi connectivity index (χ1n) is 8.62. The van der Waals surface area contributed by atoms with Crippen molar-refractivity contribution in [2.75, 3.05) is 5.32 Å². The Kier molecular flexibility index (Phi) is 5.19. The molecule has 0 saturated heterocycles. The molecular weight excluding hydrogens is 410 g/mol. The van der Waals surface area contributed by atoms with Crippen LogP contribution >= 0.6 is 11.6 Å². The van der Waals surface area contributed by atoms with Gasteiger partial charge in [0, 0.05) is 30.1 Å². The molecule has 0 saturated carbocycles. The van der Waals surface area contributed by atoms with Crippen molar-refractivity contribution in [3.63, 3.8) is 0 Å². The van der Waals surface area contributed by atoms with E-state index < -0.39 is 10.8 Å². The summed E-state index contributed by atoms with van der Waals surface area (Å²) in [5, 5.41) is 17.5. The number of halogens is 1. The highest BCUT2D eigenvalue weighted by Gasteiger charge is 2.18. The number of rotatable bonds is 5. The van der Waals surface area contributed by atoms with E-state index in [4.69, 9.17) is 16.1 Å². The van der Waals surface area contributed by atoms with Crippen LogP contribution in [0.25, 0.3) is 22.8 Å². The lowest BCUT2D eigenvalue weighted by molar-refractivity contribution is -0.384. The number of amides is 1. The lowest BCUT2D eigenvalue weighted by Crippen LogP contribution is -2.13. The molecule has 2 aromatic heterocycles. The smallest absolute Gasteiger partial charge is 0.270 e. The standard InChI is InChI=1S/C20H12ClN5O4/c21-16-11-13(26(28)29)5-6-14(16)19(27)23-17-4-2-1-3-15(17)20-24-18(25-30-20)12-7-9-22-10-8-12/h1-11H,(H,23,27). The van der Waals surface area contributed by atoms with Gasteiger partial charge in [-0.05, 0) is 30.3 Å². The molecular formula is C20H12ClN5O4. The molecule has 0 atom stereocenters. The fourth-order valence-corrected chi connectivity index (χ4v) is 2.98. The van der Waals surface area contributed by atoms with Gasteiger partial charge in [-0.15, -0.1) is 0 Å². The van der Waals surface area contributed by atoms with Gasteiger partial charge in [-0.2, -0.15) is 4.98 Å². The van der Waals surface area contributed by atoms with Gasteiger partial charge in [0.1, 0.15) is 0 Å². The summed E-state index contributed by atoms with van der Waals surface area (Å²) in [5.74, 6) is 0.0654. The summed E-state index contributed by atoms with van der Waals surface area (Å²) in [6.07, 6.45) is 3.24. The molecule has 10 heteroatoms. The minimum absolute atomic E-state index is 0.0306. The van der Waals surface area contributed by atoms with Gasteiger partial charge in [-0.1, -0.05) is 28.9 Å². The summed E-state index contributed by atoms with van der Waals surface area (Å²) in [7, 11) is 0. The van der Waals surface area contributed by atoms with Crippen LogP contribution < -0.4 is 5.32 Å². The molecule has 4 rings (SSSR count). The van der Waals surface area contributed by atoms with Gasteiger partial charge in [0.2, 0.25) is 5.82 Å². The molecule has 1 N–H and O–H groups in total. The third kappa shape index (κ3) is 3.87. The van der Waals surface area contributed by atoms with E-state index in [-0.39, 0.29) is 22.2 Å². The summed E-state index contributed by atoms with van der Waals surface area (Å²) in [6, 6.07) is 14.0. The molecule has 0 aliphatic carbocycles. The zero-order valence-corrected chi connectivity index (χ0v) is 15.9. The highest BCUT2D eigenvalue weighted by atomic mass is 35.5. The molecule has 148 valence electrons. The number of hydrogen-bond donors (Lipinski definition) is 1. The zero-order chi connectivity index (χ0) is 21.1. The Balaban J connectivity index is 1.62. The van der Waals surface area contributed by atoms with E-state index in [1.54, 1.807) is 48.8 Å². The topological polar surface area (TPSA) is 124 Å². The molecule has 0 radical (unpaired) electrons. The minimum Gasteiger partial charge on any atom is -0.334 e. The Morgan fingerprint density at radius 2 is 1.87 bits per heavy atom. The summed E-state index contributed by atoms with van der Waals surface area (Å²) in [5.41, 5.74) is 1.56. The maximum atomic E-state index is 12.7. The molecule has 2 aromatic carbocycles. The van der Waals surface area contributed by atoms with Crippen molar-refractivity contribution in [2.45, 2.75) is 0 Å². The summed E-state index contributed by atoms with van der Waals surface area (Å²) >= 11 is 6.05. The molecule has 0 fully saturated rings. The van der Waals surface area contributed by atoms with Crippen molar-refractivity contribution in [2.24, 2.45) is 0 Å². The van der Waals surface area contributed by atoms with Crippen molar-refractivity contribution in [1.82, 2.24) is 15.1 Å². The molecule has 4 aromatic rings. The highest BCUT2D eigenvalue weighted by Crippen LogP contribution is 2.30. The van der Waals surface area contributed by atoms with Crippen molar-refractivity contribution < 1.29 is 14.2 Å². The maximum Gasteiger partial charge on any atom is 0.270 e. The molecule has 2 heterocycles. The predicted molar refractivity (Wildman–Crippen MR) is 109 cm³/mol. The number of non-ortho nitro benzene ring substituents is 1. The van der Waals surface area contributed by atoms with Crippen LogP contribution in [0.5, 0.6) is 0 Å². The van der Waals surface area contributed by atoms with Crippen LogP contribution in [0.15, 0.2) is 71.5 Å². The molecule has 0 bridgehead atoms. The predicted octanol–water partition coefficient (Wildman–Crippen LogP) is 4.61. The van der Waals surface area contributed by atoms with Gasteiger partial charge in [0.05, 0.1) is 26.8 Å². The van der Waals surface area contributed by atoms with Gasteiger partial charge in [-0.25, -0.2) is 0 Å². The normalized spacial score (nSPS) is 10.6. The Hall–Kier alpha value is -4.11. The van der Waals surface area contributed by atoms with Crippen molar-refractivity contribution in [1.29, 1.82) is 0 Å². The second-order valence-electron chi connectivity index (χ2n) is 6.08. The van der Waals surface area contributed by atoms with Crippen molar-refractivity contribution in [3.05, 3.63) is 87.7 Å². The number of carbonyl (C=O) groups is 1. The second-order valence-corrected chi connectivity index (χ2v) is 6.49. The van der Waals surface area contributed by atoms with Crippen LogP contribution in [0.1, 0.15) is 10.4 Å². The number of nitro benzene ring substituents is 1. The van der Waals surface area contributed by atoms with Crippen molar-refractivity contribution in [3.8, 4) is 22.8 Å². The Labute approximate surface area is 174 Å². The van der Waals surface area contributed by atoms with E-state index in [2.05, 4.69) is 20.4 Å². The number of nitrogens with one attached hydrogen (secondary N) is 1. The summed E-state index contributed by atoms with van der Waals surface area (Å²) < 4.78 is 5.37. The number of nitro groups is 1. The SMILES string of the molecule is O=C(Nc1ccccc1-c1nc(-c2ccncc2)no1)c1ccc([N+](=O)[O-])cc1Cl. The van der Waals surface area contributed by atoms with Crippen LogP contribution in [-0.2, 0) is 0 Å². The molecule has 0 spiro atoms. The van der Waals surface area contributed by atoms with Gasteiger partial charge in [0.25, 0.3) is 17.5 Å². The minimum atomic E-state index is -0.584. The van der Waals surface area contributed by atoms with Crippen LogP contribution in [0.4, 0.5) is 11.4 Å². The molecule has 0 aliphatic heterocycles. The van der Waals surface area contributed by atoms with Gasteiger partial charge >= 0.3 is 0 Å². The van der Waals surface area contributed by atoms with E-state index in [9.17, 15) is 14.9 Å². The van der Waals surface area contributed by atoms with Crippen LogP contribution in [0.2, 0.25) is 5.02 Å². The summed E-state index contributed by atoms with van der Waals surface area (Å²) in [4.78, 5) is 31.3. The first kappa shape index (κ1) is 19.2. The van der Waals surface area contributed by atoms with Crippen molar-refractivity contribution >= 4 is 28.9 Å². The lowest BCUT2D eigenvalue weighted by atomic mass is 10.1. The molecule has 9 nitrogen and oxygen atoms in total. The first-order chi connectivity index (χ1) is 14.5. The van der Waals surface area contributed by atoms with Crippen LogP contribution in [-0.4, -0.2) is 26.0 Å². The van der Waals surface area contributed by atoms with Crippen LogP contribution in [0, 0.1) is 10.1 Å². The van der Waals surface area contributed by atoms with Crippen LogP contribution in [0.3, 0.4) is 0 Å². The second kappa shape index (κ2) is 8.10. The Morgan fingerprint density at radius 1 is 1.10 bits per heavy atom. The Bertz CT molecular complexity index is 1240. The largest absolute Gasteiger partial charge is 0.334 e. The van der Waals surface area contributed by atoms with Gasteiger partial charge < -0.3 is 9.84 Å². The monoisotopic (exact) mass is 421 g/mol. The number of aromatic nitrogens is 3. The summed E-state index contributed by atoms with van der Waals surface area (Å²) in [6.45, 7) is 0. The molecule has 30 heavy (non-hydrogen) atoms. The zero-order valence-electron chi connectivity index (χ0n) is 15.2. The third-order valence-electron chi connectivity index (χ3n) is 4.18. The fraction of sp³-hybridized carbons (Fsp3) is 0. The van der Waals surface area contributed by atoms with Gasteiger partial charge in [-0.3, -0.25) is 19.9 Å². The van der Waals surface area contributed by atoms with E-state index in [1.165, 1.54) is 12.1 Å². The van der Waals surface area contributed by atoms with E-state index in [0.717, 1.165) is 11.6 Å². The number of benzene rings is 2.